The van der Waals surface area contributed by atoms with E-state index >= 15 is 0 Å². The molecule has 0 N–H and O–H groups in total. The van der Waals surface area contributed by atoms with Crippen molar-refractivity contribution in [1.82, 2.24) is 0 Å². The molecule has 0 aliphatic carbocycles. The minimum Gasteiger partial charge on any atom is -0.264 e. The molecule has 0 radical (unpaired) electrons. The summed E-state index contributed by atoms with van der Waals surface area (Å²) in [5.74, 6) is 0.661. The van der Waals surface area contributed by atoms with Gasteiger partial charge in [-0.15, -0.1) is 0 Å². The van der Waals surface area contributed by atoms with Crippen molar-refractivity contribution in [3.05, 3.63) is 10.1 Å². The number of nitrogens with zero attached hydrogens (tertiary/aromatic N) is 1. The van der Waals surface area contributed by atoms with Crippen molar-refractivity contribution in [1.29, 1.82) is 0 Å². The van der Waals surface area contributed by atoms with Gasteiger partial charge in [0.15, 0.2) is 0 Å². The van der Waals surface area contributed by atoms with Crippen LogP contribution in [-0.2, 0) is 0 Å². The third-order valence-corrected chi connectivity index (χ3v) is 1.76. The normalized spacial score (nSPS) is 13.5. The van der Waals surface area contributed by atoms with Crippen LogP contribution in [0.5, 0.6) is 0 Å². The Kier molecular flexibility index (Phi) is 4.83. The van der Waals surface area contributed by atoms with Crippen molar-refractivity contribution in [2.75, 3.05) is 0 Å². The van der Waals surface area contributed by atoms with Gasteiger partial charge in [-0.25, -0.2) is 0 Å². The lowest BCUT2D eigenvalue weighted by molar-refractivity contribution is -0.519. The first kappa shape index (κ1) is 10.4. The largest absolute Gasteiger partial charge is 0.264 e. The summed E-state index contributed by atoms with van der Waals surface area (Å²) in [7, 11) is 0. The van der Waals surface area contributed by atoms with Crippen LogP contribution in [0.15, 0.2) is 0 Å². The Labute approximate surface area is 67.9 Å². The summed E-state index contributed by atoms with van der Waals surface area (Å²) in [6.45, 7) is 5.94. The van der Waals surface area contributed by atoms with Gasteiger partial charge >= 0.3 is 0 Å². The molecule has 0 rings (SSSR count). The number of hydrogen-bond acceptors (Lipinski definition) is 2. The molecule has 0 aromatic rings. The highest BCUT2D eigenvalue weighted by molar-refractivity contribution is 4.51. The van der Waals surface area contributed by atoms with Gasteiger partial charge in [0.1, 0.15) is 0 Å². The summed E-state index contributed by atoms with van der Waals surface area (Å²) in [4.78, 5) is 9.97. The van der Waals surface area contributed by atoms with Gasteiger partial charge in [0.05, 0.1) is 0 Å². The molecule has 0 aromatic heterocycles. The number of nitro groups is 1. The van der Waals surface area contributed by atoms with E-state index in [1.807, 2.05) is 0 Å². The standard InChI is InChI=1S/C8H17NO2/c1-7(2)5-4-6-8(3)9(10)11/h7-8H,4-6H2,1-3H3/t8-/m0/s1. The maximum Gasteiger partial charge on any atom is 0.210 e. The molecule has 0 heterocycles. The van der Waals surface area contributed by atoms with Gasteiger partial charge < -0.3 is 0 Å². The highest BCUT2D eigenvalue weighted by Crippen LogP contribution is 2.09. The first-order valence-corrected chi connectivity index (χ1v) is 4.17. The lowest BCUT2D eigenvalue weighted by Gasteiger charge is -2.05. The second-order valence-corrected chi connectivity index (χ2v) is 3.46. The van der Waals surface area contributed by atoms with Crippen LogP contribution in [-0.4, -0.2) is 11.0 Å². The average molecular weight is 159 g/mol. The maximum absolute atomic E-state index is 10.2. The summed E-state index contributed by atoms with van der Waals surface area (Å²) < 4.78 is 0. The first-order valence-electron chi connectivity index (χ1n) is 4.17. The van der Waals surface area contributed by atoms with Crippen LogP contribution >= 0.6 is 0 Å². The minimum absolute atomic E-state index is 0.208. The van der Waals surface area contributed by atoms with Gasteiger partial charge in [-0.2, -0.15) is 0 Å². The van der Waals surface area contributed by atoms with E-state index in [1.165, 1.54) is 0 Å². The molecule has 0 aliphatic heterocycles. The summed E-state index contributed by atoms with van der Waals surface area (Å²) in [6, 6.07) is -0.367. The van der Waals surface area contributed by atoms with Gasteiger partial charge in [0.2, 0.25) is 6.04 Å². The molecule has 0 fully saturated rings. The van der Waals surface area contributed by atoms with E-state index in [0.717, 1.165) is 12.8 Å². The van der Waals surface area contributed by atoms with Gasteiger partial charge in [0, 0.05) is 18.3 Å². The highest BCUT2D eigenvalue weighted by Gasteiger charge is 2.11. The molecular weight excluding hydrogens is 142 g/mol. The van der Waals surface area contributed by atoms with Gasteiger partial charge in [-0.05, 0) is 12.3 Å². The molecule has 0 spiro atoms. The molecule has 0 aromatic carbocycles. The summed E-state index contributed by atoms with van der Waals surface area (Å²) in [5, 5.41) is 10.2. The van der Waals surface area contributed by atoms with Crippen LogP contribution in [0.4, 0.5) is 0 Å². The molecule has 66 valence electrons. The minimum atomic E-state index is -0.367. The summed E-state index contributed by atoms with van der Waals surface area (Å²) >= 11 is 0. The molecule has 0 saturated heterocycles. The van der Waals surface area contributed by atoms with E-state index in [-0.39, 0.29) is 11.0 Å². The molecule has 0 unspecified atom stereocenters. The summed E-state index contributed by atoms with van der Waals surface area (Å²) in [6.07, 6.45) is 2.78. The molecule has 0 amide bonds. The van der Waals surface area contributed by atoms with E-state index in [1.54, 1.807) is 6.92 Å². The van der Waals surface area contributed by atoms with E-state index < -0.39 is 0 Å². The third-order valence-electron chi connectivity index (χ3n) is 1.76. The Morgan fingerprint density at radius 3 is 2.18 bits per heavy atom. The van der Waals surface area contributed by atoms with Crippen LogP contribution in [0, 0.1) is 16.0 Å². The lowest BCUT2D eigenvalue weighted by atomic mass is 10.0. The van der Waals surface area contributed by atoms with Crippen molar-refractivity contribution in [2.24, 2.45) is 5.92 Å². The second-order valence-electron chi connectivity index (χ2n) is 3.46. The molecule has 0 aliphatic rings. The highest BCUT2D eigenvalue weighted by atomic mass is 16.6. The quantitative estimate of drug-likeness (QED) is 0.457. The summed E-state index contributed by atoms with van der Waals surface area (Å²) in [5.41, 5.74) is 0. The van der Waals surface area contributed by atoms with E-state index in [9.17, 15) is 10.1 Å². The van der Waals surface area contributed by atoms with Gasteiger partial charge in [-0.1, -0.05) is 20.3 Å². The van der Waals surface area contributed by atoms with Crippen LogP contribution in [0.2, 0.25) is 0 Å². The molecule has 11 heavy (non-hydrogen) atoms. The van der Waals surface area contributed by atoms with Crippen LogP contribution in [0.1, 0.15) is 40.0 Å². The fourth-order valence-corrected chi connectivity index (χ4v) is 0.927. The average Bonchev–Trinajstić information content (AvgIpc) is 1.86. The van der Waals surface area contributed by atoms with Crippen molar-refractivity contribution in [2.45, 2.75) is 46.1 Å². The lowest BCUT2D eigenvalue weighted by Crippen LogP contribution is -2.14. The fourth-order valence-electron chi connectivity index (χ4n) is 0.927. The fraction of sp³-hybridized carbons (Fsp3) is 1.00. The molecule has 0 bridgehead atoms. The van der Waals surface area contributed by atoms with Crippen molar-refractivity contribution >= 4 is 0 Å². The Morgan fingerprint density at radius 1 is 1.27 bits per heavy atom. The smallest absolute Gasteiger partial charge is 0.210 e. The zero-order valence-electron chi connectivity index (χ0n) is 7.54. The van der Waals surface area contributed by atoms with Crippen molar-refractivity contribution in [3.63, 3.8) is 0 Å². The monoisotopic (exact) mass is 159 g/mol. The molecule has 3 heteroatoms. The Bertz CT molecular complexity index is 123. The topological polar surface area (TPSA) is 43.1 Å². The second kappa shape index (κ2) is 5.10. The van der Waals surface area contributed by atoms with Gasteiger partial charge in [-0.3, -0.25) is 10.1 Å². The van der Waals surface area contributed by atoms with Crippen LogP contribution in [0.25, 0.3) is 0 Å². The maximum atomic E-state index is 10.2. The van der Waals surface area contributed by atoms with Crippen LogP contribution < -0.4 is 0 Å². The number of rotatable bonds is 5. The zero-order chi connectivity index (χ0) is 8.85. The first-order chi connectivity index (χ1) is 5.04. The Morgan fingerprint density at radius 2 is 1.82 bits per heavy atom. The number of hydrogen-bond donors (Lipinski definition) is 0. The predicted molar refractivity (Wildman–Crippen MR) is 45.1 cm³/mol. The molecule has 3 nitrogen and oxygen atoms in total. The van der Waals surface area contributed by atoms with Crippen molar-refractivity contribution in [3.8, 4) is 0 Å². The zero-order valence-corrected chi connectivity index (χ0v) is 7.54. The molecule has 1 atom stereocenters. The van der Waals surface area contributed by atoms with Crippen LogP contribution in [0.3, 0.4) is 0 Å². The predicted octanol–water partition coefficient (Wildman–Crippen LogP) is 2.48. The molecule has 0 saturated carbocycles. The SMILES string of the molecule is CC(C)CCC[C@H](C)[N+](=O)[O-]. The van der Waals surface area contributed by atoms with E-state index in [4.69, 9.17) is 0 Å². The molecular formula is C8H17NO2. The van der Waals surface area contributed by atoms with Gasteiger partial charge in [0.25, 0.3) is 0 Å². The Balaban J connectivity index is 3.31. The Hall–Kier alpha value is -0.600. The van der Waals surface area contributed by atoms with E-state index in [2.05, 4.69) is 13.8 Å². The van der Waals surface area contributed by atoms with Crippen molar-refractivity contribution < 1.29 is 4.92 Å². The third kappa shape index (κ3) is 5.83. The van der Waals surface area contributed by atoms with E-state index in [0.29, 0.717) is 12.3 Å².